The fourth-order valence-corrected chi connectivity index (χ4v) is 1.43. The van der Waals surface area contributed by atoms with Crippen LogP contribution in [0.2, 0.25) is 0 Å². The lowest BCUT2D eigenvalue weighted by Crippen LogP contribution is -2.30. The monoisotopic (exact) mass is 127 g/mol. The van der Waals surface area contributed by atoms with E-state index < -0.39 is 0 Å². The summed E-state index contributed by atoms with van der Waals surface area (Å²) in [7, 11) is 0. The predicted molar refractivity (Wildman–Crippen MR) is 39.9 cm³/mol. The SMILES string of the molecule is CC1(C)C[C](C=S)C1. The van der Waals surface area contributed by atoms with Crippen LogP contribution in [0, 0.1) is 11.3 Å². The summed E-state index contributed by atoms with van der Waals surface area (Å²) in [6.45, 7) is 4.55. The van der Waals surface area contributed by atoms with Gasteiger partial charge in [0, 0.05) is 5.92 Å². The quantitative estimate of drug-likeness (QED) is 0.487. The zero-order valence-electron chi connectivity index (χ0n) is 5.40. The molecule has 0 bridgehead atoms. The van der Waals surface area contributed by atoms with Crippen molar-refractivity contribution in [3.63, 3.8) is 0 Å². The molecule has 0 nitrogen and oxygen atoms in total. The van der Waals surface area contributed by atoms with Gasteiger partial charge < -0.3 is 0 Å². The Morgan fingerprint density at radius 2 is 2.00 bits per heavy atom. The van der Waals surface area contributed by atoms with Crippen molar-refractivity contribution in [1.29, 1.82) is 0 Å². The summed E-state index contributed by atoms with van der Waals surface area (Å²) in [5, 5.41) is 1.82. The fourth-order valence-electron chi connectivity index (χ4n) is 1.26. The summed E-state index contributed by atoms with van der Waals surface area (Å²) >= 11 is 4.77. The molecule has 0 aromatic carbocycles. The van der Waals surface area contributed by atoms with Crippen LogP contribution in [-0.2, 0) is 0 Å². The molecule has 1 saturated carbocycles. The largest absolute Gasteiger partial charge is 0.0928 e. The van der Waals surface area contributed by atoms with Crippen molar-refractivity contribution in [3.05, 3.63) is 5.92 Å². The Hall–Kier alpha value is 0.0900. The van der Waals surface area contributed by atoms with E-state index in [0.717, 1.165) is 0 Å². The minimum Gasteiger partial charge on any atom is -0.0928 e. The summed E-state index contributed by atoms with van der Waals surface area (Å²) in [6.07, 6.45) is 2.44. The van der Waals surface area contributed by atoms with Gasteiger partial charge in [-0.1, -0.05) is 26.1 Å². The van der Waals surface area contributed by atoms with Gasteiger partial charge in [-0.3, -0.25) is 0 Å². The fraction of sp³-hybridized carbons (Fsp3) is 0.714. The standard InChI is InChI=1S/C7H11S/c1-7(2)3-6(4-7)5-8/h5H,3-4H2,1-2H3. The number of hydrogen-bond donors (Lipinski definition) is 0. The van der Waals surface area contributed by atoms with Gasteiger partial charge in [-0.2, -0.15) is 0 Å². The first kappa shape index (κ1) is 6.21. The smallest absolute Gasteiger partial charge is 0.00959 e. The molecule has 0 N–H and O–H groups in total. The van der Waals surface area contributed by atoms with Crippen LogP contribution in [0.1, 0.15) is 26.7 Å². The summed E-state index contributed by atoms with van der Waals surface area (Å²) in [5.41, 5.74) is 0.560. The van der Waals surface area contributed by atoms with Gasteiger partial charge in [0.1, 0.15) is 0 Å². The van der Waals surface area contributed by atoms with Crippen LogP contribution in [0.4, 0.5) is 0 Å². The van der Waals surface area contributed by atoms with E-state index in [1.165, 1.54) is 18.8 Å². The Labute approximate surface area is 56.3 Å². The van der Waals surface area contributed by atoms with E-state index in [-0.39, 0.29) is 0 Å². The third-order valence-corrected chi connectivity index (χ3v) is 1.91. The first-order valence-corrected chi connectivity index (χ1v) is 3.41. The van der Waals surface area contributed by atoms with Gasteiger partial charge >= 0.3 is 0 Å². The molecule has 0 spiro atoms. The third kappa shape index (κ3) is 1.08. The molecule has 0 aromatic rings. The lowest BCUT2D eigenvalue weighted by atomic mass is 9.65. The van der Waals surface area contributed by atoms with E-state index >= 15 is 0 Å². The Bertz CT molecular complexity index is 97.0. The van der Waals surface area contributed by atoms with Crippen molar-refractivity contribution in [2.24, 2.45) is 5.41 Å². The summed E-state index contributed by atoms with van der Waals surface area (Å²) < 4.78 is 0. The number of hydrogen-bond acceptors (Lipinski definition) is 1. The van der Waals surface area contributed by atoms with Crippen molar-refractivity contribution in [2.45, 2.75) is 26.7 Å². The average molecular weight is 127 g/mol. The minimum absolute atomic E-state index is 0.560. The van der Waals surface area contributed by atoms with Gasteiger partial charge in [0.25, 0.3) is 0 Å². The van der Waals surface area contributed by atoms with Crippen molar-refractivity contribution < 1.29 is 0 Å². The lowest BCUT2D eigenvalue weighted by molar-refractivity contribution is 0.248. The average Bonchev–Trinajstić information content (AvgIpc) is 1.60. The number of thiocarbonyl (C=S) groups is 1. The van der Waals surface area contributed by atoms with Crippen LogP contribution in [0.3, 0.4) is 0 Å². The van der Waals surface area contributed by atoms with E-state index in [9.17, 15) is 0 Å². The second kappa shape index (κ2) is 1.80. The molecular formula is C7H11S. The highest BCUT2D eigenvalue weighted by atomic mass is 32.1. The summed E-state index contributed by atoms with van der Waals surface area (Å²) in [4.78, 5) is 0. The van der Waals surface area contributed by atoms with Crippen LogP contribution >= 0.6 is 12.2 Å². The second-order valence-electron chi connectivity index (χ2n) is 3.29. The molecule has 1 heteroatoms. The Balaban J connectivity index is 2.31. The molecule has 1 fully saturated rings. The second-order valence-corrected chi connectivity index (χ2v) is 3.53. The van der Waals surface area contributed by atoms with Crippen LogP contribution in [0.15, 0.2) is 0 Å². The lowest BCUT2D eigenvalue weighted by Gasteiger charge is -2.39. The van der Waals surface area contributed by atoms with Crippen molar-refractivity contribution in [1.82, 2.24) is 0 Å². The van der Waals surface area contributed by atoms with E-state index in [1.54, 1.807) is 0 Å². The molecule has 0 atom stereocenters. The van der Waals surface area contributed by atoms with E-state index in [0.29, 0.717) is 5.41 Å². The van der Waals surface area contributed by atoms with Gasteiger partial charge in [0.05, 0.1) is 0 Å². The molecule has 0 aliphatic heterocycles. The number of rotatable bonds is 1. The van der Waals surface area contributed by atoms with E-state index in [4.69, 9.17) is 12.2 Å². The van der Waals surface area contributed by atoms with Crippen molar-refractivity contribution >= 4 is 17.6 Å². The first-order chi connectivity index (χ1) is 3.64. The first-order valence-electron chi connectivity index (χ1n) is 2.94. The van der Waals surface area contributed by atoms with Crippen LogP contribution in [0.25, 0.3) is 0 Å². The Morgan fingerprint density at radius 3 is 2.12 bits per heavy atom. The predicted octanol–water partition coefficient (Wildman–Crippen LogP) is 2.38. The molecule has 8 heavy (non-hydrogen) atoms. The molecule has 0 aromatic heterocycles. The van der Waals surface area contributed by atoms with E-state index in [2.05, 4.69) is 13.8 Å². The van der Waals surface area contributed by atoms with Gasteiger partial charge in [-0.05, 0) is 23.6 Å². The minimum atomic E-state index is 0.560. The molecule has 0 saturated heterocycles. The molecular weight excluding hydrogens is 116 g/mol. The molecule has 1 radical (unpaired) electrons. The molecule has 1 aliphatic rings. The maximum absolute atomic E-state index is 4.77. The van der Waals surface area contributed by atoms with Gasteiger partial charge in [-0.15, -0.1) is 0 Å². The van der Waals surface area contributed by atoms with Crippen LogP contribution in [0.5, 0.6) is 0 Å². The van der Waals surface area contributed by atoms with Crippen LogP contribution < -0.4 is 0 Å². The van der Waals surface area contributed by atoms with Crippen LogP contribution in [-0.4, -0.2) is 5.37 Å². The molecule has 1 aliphatic carbocycles. The zero-order valence-corrected chi connectivity index (χ0v) is 6.22. The maximum Gasteiger partial charge on any atom is 0.00959 e. The highest BCUT2D eigenvalue weighted by molar-refractivity contribution is 7.79. The molecule has 0 heterocycles. The van der Waals surface area contributed by atoms with Gasteiger partial charge in [-0.25, -0.2) is 0 Å². The molecule has 0 amide bonds. The topological polar surface area (TPSA) is 0 Å². The molecule has 0 unspecified atom stereocenters. The van der Waals surface area contributed by atoms with Gasteiger partial charge in [0.2, 0.25) is 0 Å². The Morgan fingerprint density at radius 1 is 1.50 bits per heavy atom. The molecule has 1 rings (SSSR count). The van der Waals surface area contributed by atoms with E-state index in [1.807, 2.05) is 5.37 Å². The highest BCUT2D eigenvalue weighted by Gasteiger charge is 2.34. The summed E-state index contributed by atoms with van der Waals surface area (Å²) in [6, 6.07) is 0. The zero-order chi connectivity index (χ0) is 6.20. The normalized spacial score (nSPS) is 26.8. The van der Waals surface area contributed by atoms with Crippen molar-refractivity contribution in [3.8, 4) is 0 Å². The summed E-state index contributed by atoms with van der Waals surface area (Å²) in [5.74, 6) is 1.45. The molecule has 45 valence electrons. The van der Waals surface area contributed by atoms with Gasteiger partial charge in [0.15, 0.2) is 0 Å². The third-order valence-electron chi connectivity index (χ3n) is 1.58. The Kier molecular flexibility index (Phi) is 1.40. The van der Waals surface area contributed by atoms with Crippen molar-refractivity contribution in [2.75, 3.05) is 0 Å². The highest BCUT2D eigenvalue weighted by Crippen LogP contribution is 2.45. The maximum atomic E-state index is 4.77.